The molecule has 0 spiro atoms. The van der Waals surface area contributed by atoms with Crippen molar-refractivity contribution in [3.05, 3.63) is 110 Å². The molecule has 0 aliphatic carbocycles. The number of aromatic nitrogens is 3. The van der Waals surface area contributed by atoms with Gasteiger partial charge in [-0.2, -0.15) is 0 Å². The third kappa shape index (κ3) is 5.42. The zero-order valence-corrected chi connectivity index (χ0v) is 25.1. The molecule has 3 aromatic heterocycles. The molecule has 2 aliphatic heterocycles. The Balaban J connectivity index is 1.31. The average Bonchev–Trinajstić information content (AvgIpc) is 3.86. The number of pyridine rings is 1. The van der Waals surface area contributed by atoms with E-state index in [2.05, 4.69) is 15.5 Å². The van der Waals surface area contributed by atoms with Crippen LogP contribution in [-0.4, -0.2) is 45.5 Å². The molecule has 10 nitrogen and oxygen atoms in total. The Kier molecular flexibility index (Phi) is 7.50. The fraction of sp³-hybridized carbons (Fsp3) is 0.242. The summed E-state index contributed by atoms with van der Waals surface area (Å²) >= 11 is 1.25. The lowest BCUT2D eigenvalue weighted by molar-refractivity contribution is 0.0776. The molecule has 45 heavy (non-hydrogen) atoms. The van der Waals surface area contributed by atoms with Crippen LogP contribution in [0.1, 0.15) is 61.4 Å². The number of hydrogen-bond donors (Lipinski definition) is 2. The molecule has 7 rings (SSSR count). The van der Waals surface area contributed by atoms with E-state index in [4.69, 9.17) is 14.2 Å². The lowest BCUT2D eigenvalue weighted by atomic mass is 9.93. The van der Waals surface area contributed by atoms with Gasteiger partial charge in [0.1, 0.15) is 11.6 Å². The standard InChI is InChI=1S/C33H28FN5O5S/c1-43-21-5-2-4-19(16-21)17-35-31(40)25-14-13-24(45-25)27-26(30-37-33(42)44-38-30)22(12-9-18-7-10-20(34)11-8-18)36-29-23-6-3-15-39(23)32(41)28(27)29/h2,4-5,7-8,10-11,13-14,16,23H,3,6,9,12,15,17H2,1H3,(H,35,40)(H,37,38,42). The monoisotopic (exact) mass is 625 g/mol. The maximum atomic E-state index is 13.9. The predicted octanol–water partition coefficient (Wildman–Crippen LogP) is 5.31. The quantitative estimate of drug-likeness (QED) is 0.227. The Labute approximate surface area is 260 Å². The zero-order valence-electron chi connectivity index (χ0n) is 24.3. The summed E-state index contributed by atoms with van der Waals surface area (Å²) in [5.74, 6) is -0.610. The first-order valence-corrected chi connectivity index (χ1v) is 15.4. The molecular weight excluding hydrogens is 597 g/mol. The maximum absolute atomic E-state index is 13.9. The number of nitrogens with zero attached hydrogens (tertiary/aromatic N) is 3. The number of rotatable bonds is 9. The van der Waals surface area contributed by atoms with Gasteiger partial charge in [-0.1, -0.05) is 29.4 Å². The molecule has 1 saturated heterocycles. The Morgan fingerprint density at radius 3 is 2.71 bits per heavy atom. The highest BCUT2D eigenvalue weighted by atomic mass is 32.1. The molecule has 0 radical (unpaired) electrons. The highest BCUT2D eigenvalue weighted by Crippen LogP contribution is 2.48. The Morgan fingerprint density at radius 1 is 1.09 bits per heavy atom. The van der Waals surface area contributed by atoms with Crippen LogP contribution in [0.15, 0.2) is 70.0 Å². The maximum Gasteiger partial charge on any atom is 0.439 e. The number of methoxy groups -OCH3 is 1. The number of H-pyrrole nitrogens is 1. The van der Waals surface area contributed by atoms with Crippen LogP contribution in [0, 0.1) is 5.82 Å². The summed E-state index contributed by atoms with van der Waals surface area (Å²) in [7, 11) is 1.59. The Morgan fingerprint density at radius 2 is 1.93 bits per heavy atom. The highest BCUT2D eigenvalue weighted by molar-refractivity contribution is 7.17. The summed E-state index contributed by atoms with van der Waals surface area (Å²) in [6, 6.07) is 17.1. The minimum atomic E-state index is -0.739. The van der Waals surface area contributed by atoms with E-state index in [-0.39, 0.29) is 29.5 Å². The van der Waals surface area contributed by atoms with Gasteiger partial charge < -0.3 is 15.0 Å². The summed E-state index contributed by atoms with van der Waals surface area (Å²) in [5, 5.41) is 6.95. The van der Waals surface area contributed by atoms with Gasteiger partial charge in [0.25, 0.3) is 11.8 Å². The molecule has 0 saturated carbocycles. The van der Waals surface area contributed by atoms with Crippen LogP contribution < -0.4 is 15.8 Å². The number of aromatic amines is 1. The van der Waals surface area contributed by atoms with Gasteiger partial charge in [0.05, 0.1) is 40.5 Å². The number of hydrogen-bond acceptors (Lipinski definition) is 8. The fourth-order valence-corrected chi connectivity index (χ4v) is 7.11. The number of thiophene rings is 1. The van der Waals surface area contributed by atoms with E-state index in [1.807, 2.05) is 35.2 Å². The molecule has 2 N–H and O–H groups in total. The van der Waals surface area contributed by atoms with Gasteiger partial charge in [-0.05, 0) is 73.2 Å². The van der Waals surface area contributed by atoms with E-state index < -0.39 is 5.76 Å². The van der Waals surface area contributed by atoms with Crippen molar-refractivity contribution >= 4 is 23.2 Å². The minimum Gasteiger partial charge on any atom is -0.497 e. The van der Waals surface area contributed by atoms with Crippen LogP contribution in [0.4, 0.5) is 4.39 Å². The number of ether oxygens (including phenoxy) is 1. The number of amides is 2. The first-order chi connectivity index (χ1) is 21.9. The van der Waals surface area contributed by atoms with Crippen LogP contribution in [0.2, 0.25) is 0 Å². The molecule has 2 aromatic carbocycles. The third-order valence-electron chi connectivity index (χ3n) is 8.25. The van der Waals surface area contributed by atoms with Gasteiger partial charge in [-0.25, -0.2) is 9.18 Å². The van der Waals surface area contributed by atoms with Crippen LogP contribution >= 0.6 is 11.3 Å². The summed E-state index contributed by atoms with van der Waals surface area (Å²) in [5.41, 5.74) is 4.60. The summed E-state index contributed by atoms with van der Waals surface area (Å²) in [4.78, 5) is 49.9. The molecule has 0 bridgehead atoms. The molecule has 5 heterocycles. The van der Waals surface area contributed by atoms with Gasteiger partial charge in [-0.15, -0.1) is 11.3 Å². The number of aryl methyl sites for hydroxylation is 2. The SMILES string of the molecule is COc1cccc(CNC(=O)c2ccc(-c3c4c(nc(CCc5ccc(F)cc5)c3-c3noc(=O)[nH]3)C3CCCN3C4=O)s2)c1. The van der Waals surface area contributed by atoms with E-state index in [0.29, 0.717) is 69.5 Å². The van der Waals surface area contributed by atoms with Gasteiger partial charge in [0.15, 0.2) is 5.82 Å². The topological polar surface area (TPSA) is 130 Å². The molecule has 2 aliphatic rings. The smallest absolute Gasteiger partial charge is 0.439 e. The first kappa shape index (κ1) is 28.7. The van der Waals surface area contributed by atoms with Crippen LogP contribution in [0.3, 0.4) is 0 Å². The van der Waals surface area contributed by atoms with Crippen molar-refractivity contribution in [2.75, 3.05) is 13.7 Å². The lowest BCUT2D eigenvalue weighted by Crippen LogP contribution is -2.23. The van der Waals surface area contributed by atoms with Crippen molar-refractivity contribution in [2.24, 2.45) is 0 Å². The summed E-state index contributed by atoms with van der Waals surface area (Å²) in [6.07, 6.45) is 2.64. The van der Waals surface area contributed by atoms with E-state index in [1.165, 1.54) is 23.5 Å². The van der Waals surface area contributed by atoms with Crippen molar-refractivity contribution in [2.45, 2.75) is 38.3 Å². The number of nitrogens with one attached hydrogen (secondary N) is 2. The molecule has 1 fully saturated rings. The van der Waals surface area contributed by atoms with Crippen molar-refractivity contribution in [1.29, 1.82) is 0 Å². The largest absolute Gasteiger partial charge is 0.497 e. The zero-order chi connectivity index (χ0) is 31.1. The van der Waals surface area contributed by atoms with Crippen molar-refractivity contribution < 1.29 is 23.2 Å². The number of fused-ring (bicyclic) bond motifs is 3. The number of carbonyl (C=O) groups is 2. The molecule has 2 amide bonds. The van der Waals surface area contributed by atoms with Gasteiger partial charge in [0.2, 0.25) is 0 Å². The van der Waals surface area contributed by atoms with Gasteiger partial charge in [0, 0.05) is 23.5 Å². The average molecular weight is 626 g/mol. The molecule has 5 aromatic rings. The van der Waals surface area contributed by atoms with Crippen LogP contribution in [-0.2, 0) is 19.4 Å². The van der Waals surface area contributed by atoms with Crippen molar-refractivity contribution in [3.63, 3.8) is 0 Å². The van der Waals surface area contributed by atoms with Gasteiger partial charge in [-0.3, -0.25) is 24.1 Å². The number of carbonyl (C=O) groups excluding carboxylic acids is 2. The van der Waals surface area contributed by atoms with E-state index >= 15 is 0 Å². The predicted molar refractivity (Wildman–Crippen MR) is 165 cm³/mol. The van der Waals surface area contributed by atoms with Gasteiger partial charge >= 0.3 is 5.76 Å². The second-order valence-corrected chi connectivity index (χ2v) is 12.1. The van der Waals surface area contributed by atoms with Crippen molar-refractivity contribution in [1.82, 2.24) is 25.3 Å². The highest BCUT2D eigenvalue weighted by Gasteiger charge is 2.44. The molecule has 1 atom stereocenters. The molecule has 1 unspecified atom stereocenters. The van der Waals surface area contributed by atoms with Crippen LogP contribution in [0.25, 0.3) is 21.8 Å². The number of halogens is 1. The number of benzene rings is 2. The lowest BCUT2D eigenvalue weighted by Gasteiger charge is -2.16. The summed E-state index contributed by atoms with van der Waals surface area (Å²) in [6.45, 7) is 0.935. The van der Waals surface area contributed by atoms with E-state index in [9.17, 15) is 18.8 Å². The second kappa shape index (κ2) is 11.8. The molecule has 12 heteroatoms. The Hall–Kier alpha value is -5.10. The minimum absolute atomic E-state index is 0.135. The Bertz CT molecular complexity index is 1980. The van der Waals surface area contributed by atoms with E-state index in [0.717, 1.165) is 24.0 Å². The van der Waals surface area contributed by atoms with Crippen LogP contribution in [0.5, 0.6) is 5.75 Å². The third-order valence-corrected chi connectivity index (χ3v) is 9.35. The normalized spacial score (nSPS) is 15.3. The molecule has 228 valence electrons. The molecular formula is C33H28FN5O5S. The fourth-order valence-electron chi connectivity index (χ4n) is 6.13. The van der Waals surface area contributed by atoms with E-state index in [1.54, 1.807) is 25.3 Å². The summed E-state index contributed by atoms with van der Waals surface area (Å²) < 4.78 is 23.8. The second-order valence-electron chi connectivity index (χ2n) is 11.0. The van der Waals surface area contributed by atoms with Crippen molar-refractivity contribution in [3.8, 4) is 27.6 Å². The first-order valence-electron chi connectivity index (χ1n) is 14.6.